The lowest BCUT2D eigenvalue weighted by Crippen LogP contribution is -2.28. The molecule has 0 bridgehead atoms. The van der Waals surface area contributed by atoms with Crippen molar-refractivity contribution in [1.29, 1.82) is 0 Å². The molecule has 0 aliphatic heterocycles. The normalized spacial score (nSPS) is 11.3. The number of ether oxygens (including phenoxy) is 1. The number of aromatic amines is 1. The lowest BCUT2D eigenvalue weighted by atomic mass is 9.92. The summed E-state index contributed by atoms with van der Waals surface area (Å²) in [5, 5.41) is 20.6. The summed E-state index contributed by atoms with van der Waals surface area (Å²) < 4.78 is 10.8. The van der Waals surface area contributed by atoms with Crippen molar-refractivity contribution in [1.82, 2.24) is 25.7 Å². The molecule has 2 aromatic heterocycles. The zero-order valence-corrected chi connectivity index (χ0v) is 16.6. The van der Waals surface area contributed by atoms with Crippen LogP contribution in [0.15, 0.2) is 28.7 Å². The van der Waals surface area contributed by atoms with Crippen LogP contribution in [0.4, 0.5) is 10.5 Å². The van der Waals surface area contributed by atoms with E-state index < -0.39 is 0 Å². The van der Waals surface area contributed by atoms with E-state index in [0.717, 1.165) is 11.4 Å². The molecule has 3 rings (SSSR count). The minimum atomic E-state index is -0.371. The van der Waals surface area contributed by atoms with Crippen LogP contribution < -0.4 is 15.4 Å². The average Bonchev–Trinajstić information content (AvgIpc) is 3.29. The molecular formula is C19H24N6O3. The van der Waals surface area contributed by atoms with E-state index in [1.165, 1.54) is 7.11 Å². The predicted molar refractivity (Wildman–Crippen MR) is 104 cm³/mol. The zero-order valence-electron chi connectivity index (χ0n) is 16.6. The lowest BCUT2D eigenvalue weighted by molar-refractivity contribution is 0.251. The average molecular weight is 384 g/mol. The van der Waals surface area contributed by atoms with Crippen LogP contribution in [0.3, 0.4) is 0 Å². The van der Waals surface area contributed by atoms with Crippen LogP contribution in [0.25, 0.3) is 11.5 Å². The van der Waals surface area contributed by atoms with E-state index in [1.54, 1.807) is 25.1 Å². The summed E-state index contributed by atoms with van der Waals surface area (Å²) >= 11 is 0. The molecule has 0 saturated carbocycles. The van der Waals surface area contributed by atoms with Gasteiger partial charge in [-0.15, -0.1) is 10.2 Å². The molecule has 2 amide bonds. The number of rotatable bonds is 5. The summed E-state index contributed by atoms with van der Waals surface area (Å²) in [4.78, 5) is 12.3. The maximum Gasteiger partial charge on any atom is 0.319 e. The Bertz CT molecular complexity index is 970. The van der Waals surface area contributed by atoms with Gasteiger partial charge in [0, 0.05) is 17.9 Å². The molecule has 0 saturated heterocycles. The van der Waals surface area contributed by atoms with Gasteiger partial charge in [0.2, 0.25) is 11.8 Å². The molecule has 0 aliphatic rings. The number of urea groups is 1. The molecule has 148 valence electrons. The van der Waals surface area contributed by atoms with Gasteiger partial charge in [-0.3, -0.25) is 5.10 Å². The van der Waals surface area contributed by atoms with Crippen LogP contribution >= 0.6 is 0 Å². The highest BCUT2D eigenvalue weighted by atomic mass is 16.5. The minimum Gasteiger partial charge on any atom is -0.495 e. The molecule has 3 aromatic rings. The van der Waals surface area contributed by atoms with E-state index in [9.17, 15) is 4.79 Å². The summed E-state index contributed by atoms with van der Waals surface area (Å²) in [6.07, 6.45) is 0. The van der Waals surface area contributed by atoms with Crippen LogP contribution in [-0.2, 0) is 12.0 Å². The fraction of sp³-hybridized carbons (Fsp3) is 0.368. The minimum absolute atomic E-state index is 0.0576. The third-order valence-corrected chi connectivity index (χ3v) is 4.06. The second-order valence-corrected chi connectivity index (χ2v) is 7.38. The summed E-state index contributed by atoms with van der Waals surface area (Å²) in [6, 6.07) is 6.81. The Morgan fingerprint density at radius 1 is 1.25 bits per heavy atom. The molecule has 0 fully saturated rings. The van der Waals surface area contributed by atoms with E-state index in [-0.39, 0.29) is 11.4 Å². The zero-order chi connectivity index (χ0) is 20.3. The van der Waals surface area contributed by atoms with Crippen LogP contribution in [0, 0.1) is 6.92 Å². The Morgan fingerprint density at radius 2 is 2.04 bits per heavy atom. The van der Waals surface area contributed by atoms with Crippen LogP contribution in [0.2, 0.25) is 0 Å². The van der Waals surface area contributed by atoms with Crippen molar-refractivity contribution in [3.05, 3.63) is 41.5 Å². The van der Waals surface area contributed by atoms with Crippen LogP contribution in [0.1, 0.15) is 38.0 Å². The topological polar surface area (TPSA) is 118 Å². The van der Waals surface area contributed by atoms with Gasteiger partial charge in [0.05, 0.1) is 30.7 Å². The van der Waals surface area contributed by atoms with E-state index in [1.807, 2.05) is 6.07 Å². The van der Waals surface area contributed by atoms with E-state index >= 15 is 0 Å². The molecule has 9 nitrogen and oxygen atoms in total. The van der Waals surface area contributed by atoms with Gasteiger partial charge in [0.25, 0.3) is 0 Å². The number of nitrogens with zero attached hydrogens (tertiary/aromatic N) is 3. The van der Waals surface area contributed by atoms with Gasteiger partial charge < -0.3 is 19.8 Å². The van der Waals surface area contributed by atoms with Gasteiger partial charge in [-0.2, -0.15) is 5.10 Å². The van der Waals surface area contributed by atoms with Gasteiger partial charge in [-0.05, 0) is 24.3 Å². The number of nitrogens with one attached hydrogen (secondary N) is 3. The standard InChI is InChI=1S/C19H24N6O3/c1-11-22-25-17(28-11)12-6-7-15(27-5)14(8-12)21-18(26)20-10-13-9-16(24-23-13)19(2,3)4/h6-9H,10H2,1-5H3,(H,23,24)(H2,20,21,26). The van der Waals surface area contributed by atoms with Crippen molar-refractivity contribution in [2.75, 3.05) is 12.4 Å². The summed E-state index contributed by atoms with van der Waals surface area (Å²) in [5.74, 6) is 1.36. The van der Waals surface area contributed by atoms with Gasteiger partial charge in [0.15, 0.2) is 0 Å². The van der Waals surface area contributed by atoms with Crippen molar-refractivity contribution >= 4 is 11.7 Å². The number of methoxy groups -OCH3 is 1. The first kappa shape index (κ1) is 19.4. The van der Waals surface area contributed by atoms with Gasteiger partial charge in [-0.25, -0.2) is 4.79 Å². The highest BCUT2D eigenvalue weighted by Crippen LogP contribution is 2.30. The Hall–Kier alpha value is -3.36. The number of benzene rings is 1. The largest absolute Gasteiger partial charge is 0.495 e. The van der Waals surface area contributed by atoms with Gasteiger partial charge >= 0.3 is 6.03 Å². The quantitative estimate of drug-likeness (QED) is 0.620. The third kappa shape index (κ3) is 4.48. The number of carbonyl (C=O) groups excluding carboxylic acids is 1. The monoisotopic (exact) mass is 384 g/mol. The molecule has 0 atom stereocenters. The Morgan fingerprint density at radius 3 is 2.64 bits per heavy atom. The Balaban J connectivity index is 1.68. The third-order valence-electron chi connectivity index (χ3n) is 4.06. The predicted octanol–water partition coefficient (Wildman–Crippen LogP) is 3.40. The molecular weight excluding hydrogens is 360 g/mol. The molecule has 28 heavy (non-hydrogen) atoms. The SMILES string of the molecule is COc1ccc(-c2nnc(C)o2)cc1NC(=O)NCc1cc(C(C)(C)C)n[nH]1. The maximum absolute atomic E-state index is 12.3. The molecule has 0 radical (unpaired) electrons. The van der Waals surface area contributed by atoms with E-state index in [4.69, 9.17) is 9.15 Å². The number of amides is 2. The molecule has 1 aromatic carbocycles. The molecule has 9 heteroatoms. The molecule has 0 aliphatic carbocycles. The summed E-state index contributed by atoms with van der Waals surface area (Å²) in [7, 11) is 1.54. The summed E-state index contributed by atoms with van der Waals surface area (Å²) in [6.45, 7) is 8.28. The van der Waals surface area contributed by atoms with Crippen molar-refractivity contribution in [3.63, 3.8) is 0 Å². The lowest BCUT2D eigenvalue weighted by Gasteiger charge is -2.13. The second kappa shape index (κ2) is 7.71. The maximum atomic E-state index is 12.3. The summed E-state index contributed by atoms with van der Waals surface area (Å²) in [5.41, 5.74) is 2.88. The van der Waals surface area contributed by atoms with Gasteiger partial charge in [-0.1, -0.05) is 20.8 Å². The number of anilines is 1. The Labute approximate surface area is 162 Å². The highest BCUT2D eigenvalue weighted by Gasteiger charge is 2.18. The first-order valence-electron chi connectivity index (χ1n) is 8.84. The van der Waals surface area contributed by atoms with Gasteiger partial charge in [0.1, 0.15) is 5.75 Å². The van der Waals surface area contributed by atoms with Crippen molar-refractivity contribution in [2.45, 2.75) is 39.7 Å². The van der Waals surface area contributed by atoms with Crippen molar-refractivity contribution in [3.8, 4) is 17.2 Å². The fourth-order valence-corrected chi connectivity index (χ4v) is 2.53. The van der Waals surface area contributed by atoms with Crippen molar-refractivity contribution < 1.29 is 13.9 Å². The van der Waals surface area contributed by atoms with Crippen LogP contribution in [-0.4, -0.2) is 33.5 Å². The first-order chi connectivity index (χ1) is 13.3. The highest BCUT2D eigenvalue weighted by molar-refractivity contribution is 5.91. The van der Waals surface area contributed by atoms with Crippen LogP contribution in [0.5, 0.6) is 5.75 Å². The number of aromatic nitrogens is 4. The Kier molecular flexibility index (Phi) is 5.34. The molecule has 0 spiro atoms. The first-order valence-corrected chi connectivity index (χ1v) is 8.84. The van der Waals surface area contributed by atoms with E-state index in [0.29, 0.717) is 35.3 Å². The number of hydrogen-bond acceptors (Lipinski definition) is 6. The number of carbonyl (C=O) groups is 1. The van der Waals surface area contributed by atoms with Crippen molar-refractivity contribution in [2.24, 2.45) is 0 Å². The molecule has 3 N–H and O–H groups in total. The number of hydrogen-bond donors (Lipinski definition) is 3. The smallest absolute Gasteiger partial charge is 0.319 e. The molecule has 0 unspecified atom stereocenters. The second-order valence-electron chi connectivity index (χ2n) is 7.38. The number of aryl methyl sites for hydroxylation is 1. The fourth-order valence-electron chi connectivity index (χ4n) is 2.53. The number of H-pyrrole nitrogens is 1. The molecule has 2 heterocycles. The van der Waals surface area contributed by atoms with E-state index in [2.05, 4.69) is 51.8 Å².